The normalized spacial score (nSPS) is 15.5. The van der Waals surface area contributed by atoms with Crippen LogP contribution in [0.4, 0.5) is 11.5 Å². The smallest absolute Gasteiger partial charge is 0.249 e. The fourth-order valence-electron chi connectivity index (χ4n) is 3.34. The van der Waals surface area contributed by atoms with E-state index < -0.39 is 6.04 Å². The minimum absolute atomic E-state index is 0.0259. The molecule has 2 heterocycles. The molecule has 0 bridgehead atoms. The van der Waals surface area contributed by atoms with Crippen LogP contribution >= 0.6 is 0 Å². The lowest BCUT2D eigenvalue weighted by Crippen LogP contribution is -2.35. The molecule has 0 saturated heterocycles. The summed E-state index contributed by atoms with van der Waals surface area (Å²) in [7, 11) is 1.57. The number of fused-ring (bicyclic) bond motifs is 1. The maximum atomic E-state index is 12.9. The maximum absolute atomic E-state index is 12.9. The van der Waals surface area contributed by atoms with Crippen LogP contribution in [-0.2, 0) is 9.59 Å². The number of nitrogens with one attached hydrogen (secondary N) is 2. The summed E-state index contributed by atoms with van der Waals surface area (Å²) in [5.41, 5.74) is 3.11. The lowest BCUT2D eigenvalue weighted by atomic mass is 10.1. The van der Waals surface area contributed by atoms with Crippen molar-refractivity contribution in [2.24, 2.45) is 0 Å². The van der Waals surface area contributed by atoms with Gasteiger partial charge < -0.3 is 15.4 Å². The molecule has 1 atom stereocenters. The highest BCUT2D eigenvalue weighted by Crippen LogP contribution is 2.34. The summed E-state index contributed by atoms with van der Waals surface area (Å²) in [5.74, 6) is 0.689. The van der Waals surface area contributed by atoms with Crippen molar-refractivity contribution in [3.8, 4) is 17.0 Å². The van der Waals surface area contributed by atoms with E-state index in [0.717, 1.165) is 16.8 Å². The average Bonchev–Trinajstić information content (AvgIpc) is 3.04. The Bertz CT molecular complexity index is 1040. The quantitative estimate of drug-likeness (QED) is 0.731. The summed E-state index contributed by atoms with van der Waals surface area (Å²) >= 11 is 0. The van der Waals surface area contributed by atoms with Gasteiger partial charge in [-0.25, -0.2) is 4.68 Å². The summed E-state index contributed by atoms with van der Waals surface area (Å²) in [6.45, 7) is 1.89. The third-order valence-corrected chi connectivity index (χ3v) is 4.77. The van der Waals surface area contributed by atoms with Crippen molar-refractivity contribution in [1.82, 2.24) is 9.78 Å². The van der Waals surface area contributed by atoms with Crippen LogP contribution < -0.4 is 15.4 Å². The van der Waals surface area contributed by atoms with Crippen LogP contribution in [0.25, 0.3) is 11.3 Å². The first-order valence-corrected chi connectivity index (χ1v) is 8.96. The second-order valence-corrected chi connectivity index (χ2v) is 6.62. The van der Waals surface area contributed by atoms with Gasteiger partial charge in [-0.2, -0.15) is 5.10 Å². The van der Waals surface area contributed by atoms with Crippen LogP contribution in [0.1, 0.15) is 18.0 Å². The molecule has 7 nitrogen and oxygen atoms in total. The van der Waals surface area contributed by atoms with Crippen LogP contribution in [0.15, 0.2) is 54.6 Å². The van der Waals surface area contributed by atoms with Crippen molar-refractivity contribution >= 4 is 23.3 Å². The minimum Gasteiger partial charge on any atom is -0.497 e. The number of amides is 2. The number of carbonyl (C=O) groups excluding carboxylic acids is 2. The predicted molar refractivity (Wildman–Crippen MR) is 106 cm³/mol. The van der Waals surface area contributed by atoms with Crippen molar-refractivity contribution < 1.29 is 14.3 Å². The van der Waals surface area contributed by atoms with Crippen molar-refractivity contribution in [1.29, 1.82) is 0 Å². The van der Waals surface area contributed by atoms with Gasteiger partial charge in [0, 0.05) is 22.9 Å². The molecule has 2 amide bonds. The van der Waals surface area contributed by atoms with Crippen molar-refractivity contribution in [2.75, 3.05) is 17.7 Å². The Balaban J connectivity index is 1.68. The Morgan fingerprint density at radius 3 is 2.75 bits per heavy atom. The Labute approximate surface area is 162 Å². The number of ether oxygens (including phenoxy) is 1. The molecule has 0 saturated carbocycles. The van der Waals surface area contributed by atoms with E-state index in [-0.39, 0.29) is 18.2 Å². The molecule has 142 valence electrons. The predicted octanol–water partition coefficient (Wildman–Crippen LogP) is 3.39. The first-order chi connectivity index (χ1) is 13.6. The van der Waals surface area contributed by atoms with E-state index in [2.05, 4.69) is 15.7 Å². The number of carbonyl (C=O) groups is 2. The molecule has 0 unspecified atom stereocenters. The number of methoxy groups -OCH3 is 1. The van der Waals surface area contributed by atoms with E-state index >= 15 is 0 Å². The molecule has 1 aromatic heterocycles. The Morgan fingerprint density at radius 1 is 1.21 bits per heavy atom. The second kappa shape index (κ2) is 7.19. The zero-order valence-electron chi connectivity index (χ0n) is 15.6. The summed E-state index contributed by atoms with van der Waals surface area (Å²) in [5, 5.41) is 10.4. The molecule has 2 aromatic carbocycles. The number of anilines is 2. The largest absolute Gasteiger partial charge is 0.497 e. The minimum atomic E-state index is -0.730. The van der Waals surface area contributed by atoms with Gasteiger partial charge in [-0.3, -0.25) is 9.59 Å². The van der Waals surface area contributed by atoms with E-state index in [1.54, 1.807) is 36.1 Å². The highest BCUT2D eigenvalue weighted by Gasteiger charge is 2.34. The van der Waals surface area contributed by atoms with E-state index in [4.69, 9.17) is 4.74 Å². The van der Waals surface area contributed by atoms with Gasteiger partial charge in [0.15, 0.2) is 0 Å². The molecule has 0 spiro atoms. The maximum Gasteiger partial charge on any atom is 0.249 e. The molecule has 7 heteroatoms. The summed E-state index contributed by atoms with van der Waals surface area (Å²) < 4.78 is 6.80. The zero-order chi connectivity index (χ0) is 19.7. The third kappa shape index (κ3) is 3.22. The van der Waals surface area contributed by atoms with Gasteiger partial charge in [0.05, 0.1) is 19.2 Å². The molecule has 0 radical (unpaired) electrons. The van der Waals surface area contributed by atoms with Crippen LogP contribution in [0, 0.1) is 6.92 Å². The second-order valence-electron chi connectivity index (χ2n) is 6.62. The molecular weight excluding hydrogens is 356 g/mol. The molecule has 3 aromatic rings. The van der Waals surface area contributed by atoms with E-state index in [1.807, 2.05) is 37.3 Å². The van der Waals surface area contributed by atoms with E-state index in [9.17, 15) is 9.59 Å². The SMILES string of the molecule is COc1cccc(NC(=O)[C@H]2CC(=O)Nc3c(C)c(-c4ccccc4)nn32)c1. The lowest BCUT2D eigenvalue weighted by molar-refractivity contribution is -0.125. The summed E-state index contributed by atoms with van der Waals surface area (Å²) in [4.78, 5) is 25.2. The van der Waals surface area contributed by atoms with Gasteiger partial charge in [-0.05, 0) is 19.1 Å². The highest BCUT2D eigenvalue weighted by molar-refractivity contribution is 6.02. The summed E-state index contributed by atoms with van der Waals surface area (Å²) in [6, 6.07) is 16.1. The molecule has 4 rings (SSSR count). The van der Waals surface area contributed by atoms with E-state index in [0.29, 0.717) is 17.3 Å². The van der Waals surface area contributed by atoms with Crippen LogP contribution in [-0.4, -0.2) is 28.7 Å². The van der Waals surface area contributed by atoms with Gasteiger partial charge in [0.2, 0.25) is 11.8 Å². The van der Waals surface area contributed by atoms with Crippen LogP contribution in [0.5, 0.6) is 5.75 Å². The number of aromatic nitrogens is 2. The monoisotopic (exact) mass is 376 g/mol. The number of nitrogens with zero attached hydrogens (tertiary/aromatic N) is 2. The molecule has 0 aliphatic carbocycles. The zero-order valence-corrected chi connectivity index (χ0v) is 15.6. The summed E-state index contributed by atoms with van der Waals surface area (Å²) in [6.07, 6.45) is 0.0259. The Morgan fingerprint density at radius 2 is 2.00 bits per heavy atom. The number of benzene rings is 2. The number of hydrogen-bond acceptors (Lipinski definition) is 4. The van der Waals surface area contributed by atoms with Gasteiger partial charge in [0.1, 0.15) is 17.6 Å². The lowest BCUT2D eigenvalue weighted by Gasteiger charge is -2.24. The van der Waals surface area contributed by atoms with Crippen molar-refractivity contribution in [2.45, 2.75) is 19.4 Å². The molecule has 2 N–H and O–H groups in total. The van der Waals surface area contributed by atoms with Crippen molar-refractivity contribution in [3.05, 3.63) is 60.2 Å². The Hall–Kier alpha value is -3.61. The first-order valence-electron chi connectivity index (χ1n) is 8.96. The fourth-order valence-corrected chi connectivity index (χ4v) is 3.34. The topological polar surface area (TPSA) is 85.2 Å². The van der Waals surface area contributed by atoms with Crippen LogP contribution in [0.3, 0.4) is 0 Å². The van der Waals surface area contributed by atoms with Gasteiger partial charge in [0.25, 0.3) is 0 Å². The average molecular weight is 376 g/mol. The fraction of sp³-hybridized carbons (Fsp3) is 0.190. The van der Waals surface area contributed by atoms with Gasteiger partial charge >= 0.3 is 0 Å². The molecule has 1 aliphatic heterocycles. The van der Waals surface area contributed by atoms with Gasteiger partial charge in [-0.1, -0.05) is 36.4 Å². The number of rotatable bonds is 4. The molecule has 0 fully saturated rings. The molecular formula is C21H20N4O3. The molecule has 28 heavy (non-hydrogen) atoms. The van der Waals surface area contributed by atoms with Gasteiger partial charge in [-0.15, -0.1) is 0 Å². The van der Waals surface area contributed by atoms with Crippen molar-refractivity contribution in [3.63, 3.8) is 0 Å². The third-order valence-electron chi connectivity index (χ3n) is 4.77. The first kappa shape index (κ1) is 17.8. The molecule has 1 aliphatic rings. The number of hydrogen-bond donors (Lipinski definition) is 2. The van der Waals surface area contributed by atoms with Crippen LogP contribution in [0.2, 0.25) is 0 Å². The highest BCUT2D eigenvalue weighted by atomic mass is 16.5. The standard InChI is InChI=1S/C21H20N4O3/c1-13-19(14-7-4-3-5-8-14)24-25-17(12-18(26)23-20(13)25)21(27)22-15-9-6-10-16(11-15)28-2/h3-11,17H,12H2,1-2H3,(H,22,27)(H,23,26)/t17-/m1/s1. The Kier molecular flexibility index (Phi) is 4.57. The van der Waals surface area contributed by atoms with E-state index in [1.165, 1.54) is 0 Å².